The molecule has 8 nitrogen and oxygen atoms in total. The molecular formula is C21H19F3N4O4S. The number of aromatic nitrogens is 2. The van der Waals surface area contributed by atoms with Gasteiger partial charge in [-0.15, -0.1) is 0 Å². The summed E-state index contributed by atoms with van der Waals surface area (Å²) in [5, 5.41) is 2.64. The van der Waals surface area contributed by atoms with Gasteiger partial charge < -0.3 is 14.6 Å². The average Bonchev–Trinajstić information content (AvgIpc) is 3.21. The first-order chi connectivity index (χ1) is 15.6. The zero-order valence-electron chi connectivity index (χ0n) is 17.3. The highest BCUT2D eigenvalue weighted by molar-refractivity contribution is 7.93. The molecule has 1 aromatic heterocycles. The number of nitrogens with zero attached hydrogens (tertiary/aromatic N) is 3. The Morgan fingerprint density at radius 1 is 1.18 bits per heavy atom. The molecule has 0 spiro atoms. The van der Waals surface area contributed by atoms with Crippen LogP contribution in [0, 0.1) is 0 Å². The van der Waals surface area contributed by atoms with E-state index in [9.17, 15) is 26.4 Å². The van der Waals surface area contributed by atoms with Crippen molar-refractivity contribution >= 4 is 27.3 Å². The Balaban J connectivity index is 1.66. The minimum Gasteiger partial charge on any atom is -0.490 e. The number of nitrogens with one attached hydrogen (secondary N) is 1. The molecule has 1 N–H and O–H groups in total. The number of benzene rings is 2. The highest BCUT2D eigenvalue weighted by Crippen LogP contribution is 2.36. The number of alkyl halides is 3. The van der Waals surface area contributed by atoms with Crippen molar-refractivity contribution in [1.82, 2.24) is 9.55 Å². The van der Waals surface area contributed by atoms with Gasteiger partial charge in [0, 0.05) is 12.2 Å². The van der Waals surface area contributed by atoms with Gasteiger partial charge >= 0.3 is 6.18 Å². The van der Waals surface area contributed by atoms with Crippen LogP contribution in [0.3, 0.4) is 0 Å². The van der Waals surface area contributed by atoms with Crippen molar-refractivity contribution in [3.05, 3.63) is 66.2 Å². The molecule has 33 heavy (non-hydrogen) atoms. The molecule has 2 heterocycles. The van der Waals surface area contributed by atoms with E-state index in [1.807, 2.05) is 6.92 Å². The predicted octanol–water partition coefficient (Wildman–Crippen LogP) is 3.76. The maximum absolute atomic E-state index is 13.4. The van der Waals surface area contributed by atoms with Crippen molar-refractivity contribution in [3.63, 3.8) is 0 Å². The monoisotopic (exact) mass is 480 g/mol. The molecule has 3 aromatic rings. The molecule has 0 saturated heterocycles. The van der Waals surface area contributed by atoms with Gasteiger partial charge in [-0.1, -0.05) is 0 Å². The molecule has 1 amide bonds. The lowest BCUT2D eigenvalue weighted by Crippen LogP contribution is -2.32. The van der Waals surface area contributed by atoms with Crippen LogP contribution < -0.4 is 14.4 Å². The molecule has 0 saturated carbocycles. The number of carbonyl (C=O) groups excluding carboxylic acids is 1. The zero-order valence-corrected chi connectivity index (χ0v) is 18.2. The highest BCUT2D eigenvalue weighted by atomic mass is 32.2. The van der Waals surface area contributed by atoms with Crippen molar-refractivity contribution in [1.29, 1.82) is 0 Å². The maximum Gasteiger partial charge on any atom is 0.416 e. The van der Waals surface area contributed by atoms with Crippen molar-refractivity contribution in [2.45, 2.75) is 24.5 Å². The first-order valence-electron chi connectivity index (χ1n) is 9.89. The van der Waals surface area contributed by atoms with E-state index < -0.39 is 27.7 Å². The summed E-state index contributed by atoms with van der Waals surface area (Å²) in [6.07, 6.45) is -1.63. The van der Waals surface area contributed by atoms with Gasteiger partial charge in [-0.25, -0.2) is 13.4 Å². The van der Waals surface area contributed by atoms with Gasteiger partial charge in [-0.05, 0) is 49.4 Å². The van der Waals surface area contributed by atoms with Crippen molar-refractivity contribution in [2.24, 2.45) is 0 Å². The van der Waals surface area contributed by atoms with Crippen LogP contribution >= 0.6 is 0 Å². The van der Waals surface area contributed by atoms with Crippen LogP contribution in [0.15, 0.2) is 59.9 Å². The largest absolute Gasteiger partial charge is 0.490 e. The fourth-order valence-electron chi connectivity index (χ4n) is 3.43. The molecule has 0 aliphatic carbocycles. The lowest BCUT2D eigenvalue weighted by atomic mass is 10.2. The van der Waals surface area contributed by atoms with Gasteiger partial charge in [-0.2, -0.15) is 13.2 Å². The molecule has 1 aliphatic heterocycles. The minimum absolute atomic E-state index is 0.00531. The third-order valence-corrected chi connectivity index (χ3v) is 6.94. The molecule has 0 radical (unpaired) electrons. The van der Waals surface area contributed by atoms with Crippen molar-refractivity contribution < 1.29 is 31.1 Å². The second kappa shape index (κ2) is 8.43. The smallest absolute Gasteiger partial charge is 0.416 e. The summed E-state index contributed by atoms with van der Waals surface area (Å²) in [7, 11) is -4.19. The number of halogens is 3. The highest BCUT2D eigenvalue weighted by Gasteiger charge is 2.34. The molecule has 4 rings (SSSR count). The summed E-state index contributed by atoms with van der Waals surface area (Å²) in [6.45, 7) is 2.27. The van der Waals surface area contributed by atoms with Gasteiger partial charge in [0.15, 0.2) is 0 Å². The van der Waals surface area contributed by atoms with Gasteiger partial charge in [0.1, 0.15) is 22.9 Å². The first-order valence-corrected chi connectivity index (χ1v) is 11.3. The number of amides is 1. The predicted molar refractivity (Wildman–Crippen MR) is 114 cm³/mol. The second-order valence-corrected chi connectivity index (χ2v) is 8.98. The molecule has 0 unspecified atom stereocenters. The SMILES string of the molecule is CCn1cncc1C(=O)Nc1ccc2c(c1)S(=O)(=O)N(c1ccc(C(F)(F)F)cc1)CCO2. The number of fused-ring (bicyclic) bond motifs is 1. The molecule has 174 valence electrons. The number of imidazole rings is 1. The average molecular weight is 480 g/mol. The van der Waals surface area contributed by atoms with Gasteiger partial charge in [0.25, 0.3) is 15.9 Å². The molecular weight excluding hydrogens is 461 g/mol. The number of ether oxygens (including phenoxy) is 1. The summed E-state index contributed by atoms with van der Waals surface area (Å²) in [6, 6.07) is 8.04. The van der Waals surface area contributed by atoms with Gasteiger partial charge in [0.2, 0.25) is 0 Å². The van der Waals surface area contributed by atoms with E-state index in [1.54, 1.807) is 4.57 Å². The normalized spacial score (nSPS) is 15.3. The number of sulfonamides is 1. The zero-order chi connectivity index (χ0) is 23.8. The number of aryl methyl sites for hydroxylation is 1. The Labute approximate surface area is 187 Å². The Morgan fingerprint density at radius 3 is 2.58 bits per heavy atom. The van der Waals surface area contributed by atoms with E-state index in [0.717, 1.165) is 28.6 Å². The summed E-state index contributed by atoms with van der Waals surface area (Å²) in [5.74, 6) is -0.387. The summed E-state index contributed by atoms with van der Waals surface area (Å²) >= 11 is 0. The van der Waals surface area contributed by atoms with Crippen molar-refractivity contribution in [3.8, 4) is 5.75 Å². The lowest BCUT2D eigenvalue weighted by molar-refractivity contribution is -0.137. The second-order valence-electron chi connectivity index (χ2n) is 7.15. The van der Waals surface area contributed by atoms with Crippen molar-refractivity contribution in [2.75, 3.05) is 22.8 Å². The van der Waals surface area contributed by atoms with Crippen LogP contribution in [0.5, 0.6) is 5.75 Å². The lowest BCUT2D eigenvalue weighted by Gasteiger charge is -2.22. The number of carbonyl (C=O) groups is 1. The van der Waals surface area contributed by atoms with E-state index in [-0.39, 0.29) is 35.2 Å². The molecule has 0 fully saturated rings. The molecule has 0 atom stereocenters. The number of hydrogen-bond donors (Lipinski definition) is 1. The summed E-state index contributed by atoms with van der Waals surface area (Å²) in [5.41, 5.74) is -0.297. The van der Waals surface area contributed by atoms with E-state index in [1.165, 1.54) is 30.7 Å². The molecule has 1 aliphatic rings. The van der Waals surface area contributed by atoms with Crippen LogP contribution in [0.1, 0.15) is 23.0 Å². The number of anilines is 2. The van der Waals surface area contributed by atoms with Crippen LogP contribution in [0.2, 0.25) is 0 Å². The van der Waals surface area contributed by atoms with E-state index in [0.29, 0.717) is 12.2 Å². The Morgan fingerprint density at radius 2 is 1.91 bits per heavy atom. The fourth-order valence-corrected chi connectivity index (χ4v) is 5.03. The first kappa shape index (κ1) is 22.6. The Kier molecular flexibility index (Phi) is 5.78. The summed E-state index contributed by atoms with van der Waals surface area (Å²) in [4.78, 5) is 16.3. The number of hydrogen-bond acceptors (Lipinski definition) is 5. The Bertz CT molecular complexity index is 1290. The third kappa shape index (κ3) is 4.38. The fraction of sp³-hybridized carbons (Fsp3) is 0.238. The standard InChI is InChI=1S/C21H19F3N4O4S/c1-2-27-13-25-12-17(27)20(29)26-15-5-8-18-19(11-15)33(30,31)28(9-10-32-18)16-6-3-14(4-7-16)21(22,23)24/h3-8,11-13H,2,9-10H2,1H3,(H,26,29). The van der Waals surface area contributed by atoms with E-state index >= 15 is 0 Å². The van der Waals surface area contributed by atoms with Crippen LogP contribution in [0.4, 0.5) is 24.5 Å². The summed E-state index contributed by atoms with van der Waals surface area (Å²) < 4.78 is 73.6. The molecule has 0 bridgehead atoms. The molecule has 2 aromatic carbocycles. The third-order valence-electron chi connectivity index (χ3n) is 5.09. The van der Waals surface area contributed by atoms with Crippen LogP contribution in [-0.4, -0.2) is 37.0 Å². The number of rotatable bonds is 4. The topological polar surface area (TPSA) is 93.5 Å². The van der Waals surface area contributed by atoms with E-state index in [4.69, 9.17) is 4.74 Å². The van der Waals surface area contributed by atoms with Crippen LogP contribution in [-0.2, 0) is 22.7 Å². The van der Waals surface area contributed by atoms with Crippen LogP contribution in [0.25, 0.3) is 0 Å². The minimum atomic E-state index is -4.54. The Hall–Kier alpha value is -3.54. The van der Waals surface area contributed by atoms with Gasteiger partial charge in [0.05, 0.1) is 30.3 Å². The quantitative estimate of drug-likeness (QED) is 0.614. The van der Waals surface area contributed by atoms with Gasteiger partial charge in [-0.3, -0.25) is 9.10 Å². The molecule has 12 heteroatoms. The van der Waals surface area contributed by atoms with E-state index in [2.05, 4.69) is 10.3 Å². The maximum atomic E-state index is 13.4.